The fourth-order valence-corrected chi connectivity index (χ4v) is 2.80. The van der Waals surface area contributed by atoms with Crippen LogP contribution in [0.3, 0.4) is 0 Å². The third kappa shape index (κ3) is 3.80. The summed E-state index contributed by atoms with van der Waals surface area (Å²) in [6, 6.07) is 14.1. The summed E-state index contributed by atoms with van der Waals surface area (Å²) in [6.07, 6.45) is 0.112. The monoisotopic (exact) mass is 357 g/mol. The summed E-state index contributed by atoms with van der Waals surface area (Å²) >= 11 is 6.05. The molecular weight excluding hydrogens is 342 g/mol. The molecule has 0 radical (unpaired) electrons. The van der Waals surface area contributed by atoms with Crippen LogP contribution >= 0.6 is 11.6 Å². The number of carbonyl (C=O) groups is 1. The molecule has 0 saturated carbocycles. The van der Waals surface area contributed by atoms with Crippen molar-refractivity contribution in [3.63, 3.8) is 0 Å². The van der Waals surface area contributed by atoms with E-state index in [2.05, 4.69) is 10.3 Å². The third-order valence-corrected chi connectivity index (χ3v) is 4.27. The van der Waals surface area contributed by atoms with E-state index in [1.807, 2.05) is 18.2 Å². The fourth-order valence-electron chi connectivity index (χ4n) is 2.60. The molecule has 3 rings (SSSR count). The molecule has 1 amide bonds. The van der Waals surface area contributed by atoms with Crippen LogP contribution in [0.4, 0.5) is 0 Å². The molecule has 25 heavy (non-hydrogen) atoms. The molecule has 0 saturated heterocycles. The summed E-state index contributed by atoms with van der Waals surface area (Å²) in [4.78, 5) is 38.2. The van der Waals surface area contributed by atoms with Crippen molar-refractivity contribution in [1.82, 2.24) is 14.9 Å². The van der Waals surface area contributed by atoms with Gasteiger partial charge in [0.1, 0.15) is 0 Å². The minimum absolute atomic E-state index is 0.112. The van der Waals surface area contributed by atoms with Crippen molar-refractivity contribution in [2.45, 2.75) is 19.5 Å². The summed E-state index contributed by atoms with van der Waals surface area (Å²) in [5.74, 6) is -0.206. The molecule has 0 atom stereocenters. The van der Waals surface area contributed by atoms with Crippen LogP contribution in [0.1, 0.15) is 12.0 Å². The van der Waals surface area contributed by atoms with E-state index in [1.165, 1.54) is 4.57 Å². The number of fused-ring (bicyclic) bond motifs is 1. The van der Waals surface area contributed by atoms with Gasteiger partial charge in [-0.15, -0.1) is 0 Å². The number of aromatic amines is 1. The van der Waals surface area contributed by atoms with Crippen LogP contribution in [0.5, 0.6) is 0 Å². The van der Waals surface area contributed by atoms with Gasteiger partial charge in [0.15, 0.2) is 0 Å². The van der Waals surface area contributed by atoms with Crippen LogP contribution in [0.25, 0.3) is 10.9 Å². The zero-order valence-electron chi connectivity index (χ0n) is 13.3. The molecule has 1 heterocycles. The van der Waals surface area contributed by atoms with Crippen LogP contribution in [-0.2, 0) is 17.9 Å². The largest absolute Gasteiger partial charge is 0.352 e. The van der Waals surface area contributed by atoms with E-state index in [9.17, 15) is 14.4 Å². The number of halogens is 1. The number of rotatable bonds is 5. The predicted molar refractivity (Wildman–Crippen MR) is 96.7 cm³/mol. The van der Waals surface area contributed by atoms with Crippen LogP contribution < -0.4 is 16.6 Å². The number of para-hydroxylation sites is 1. The first-order chi connectivity index (χ1) is 12.1. The molecule has 3 aromatic rings. The van der Waals surface area contributed by atoms with Gasteiger partial charge in [0.2, 0.25) is 5.91 Å². The number of nitrogens with one attached hydrogen (secondary N) is 2. The highest BCUT2D eigenvalue weighted by Gasteiger charge is 2.09. The second-order valence-electron chi connectivity index (χ2n) is 5.55. The summed E-state index contributed by atoms with van der Waals surface area (Å²) < 4.78 is 1.39. The van der Waals surface area contributed by atoms with Crippen LogP contribution in [0.15, 0.2) is 58.1 Å². The van der Waals surface area contributed by atoms with Gasteiger partial charge in [0, 0.05) is 24.5 Å². The lowest BCUT2D eigenvalue weighted by molar-refractivity contribution is -0.121. The fraction of sp³-hybridized carbons (Fsp3) is 0.167. The highest BCUT2D eigenvalue weighted by Crippen LogP contribution is 2.14. The number of aromatic nitrogens is 2. The van der Waals surface area contributed by atoms with E-state index in [1.54, 1.807) is 30.3 Å². The molecule has 0 bridgehead atoms. The number of amides is 1. The van der Waals surface area contributed by atoms with E-state index in [0.717, 1.165) is 5.56 Å². The van der Waals surface area contributed by atoms with Crippen molar-refractivity contribution >= 4 is 28.4 Å². The Kier molecular flexibility index (Phi) is 5.00. The summed E-state index contributed by atoms with van der Waals surface area (Å²) in [7, 11) is 0. The molecule has 2 N–H and O–H groups in total. The van der Waals surface area contributed by atoms with Gasteiger partial charge in [-0.25, -0.2) is 4.79 Å². The number of carbonyl (C=O) groups excluding carboxylic acids is 1. The molecule has 0 aliphatic heterocycles. The first kappa shape index (κ1) is 17.0. The maximum Gasteiger partial charge on any atom is 0.328 e. The van der Waals surface area contributed by atoms with Crippen molar-refractivity contribution in [3.8, 4) is 0 Å². The average Bonchev–Trinajstić information content (AvgIpc) is 2.61. The Bertz CT molecular complexity index is 1040. The number of hydrogen-bond donors (Lipinski definition) is 2. The molecule has 2 aromatic carbocycles. The van der Waals surface area contributed by atoms with Gasteiger partial charge in [0.05, 0.1) is 10.9 Å². The molecule has 0 aliphatic carbocycles. The van der Waals surface area contributed by atoms with Crippen molar-refractivity contribution in [1.29, 1.82) is 0 Å². The smallest absolute Gasteiger partial charge is 0.328 e. The van der Waals surface area contributed by atoms with Gasteiger partial charge in [-0.1, -0.05) is 41.9 Å². The Balaban J connectivity index is 1.71. The summed E-state index contributed by atoms with van der Waals surface area (Å²) in [6.45, 7) is 0.490. The second-order valence-corrected chi connectivity index (χ2v) is 5.95. The SMILES string of the molecule is O=C(CCn1c(=O)[nH]c(=O)c2ccccc21)NCc1ccccc1Cl. The Morgan fingerprint density at radius 3 is 2.60 bits per heavy atom. The normalized spacial score (nSPS) is 10.8. The number of nitrogens with zero attached hydrogens (tertiary/aromatic N) is 1. The minimum atomic E-state index is -0.525. The topological polar surface area (TPSA) is 84.0 Å². The standard InChI is InChI=1S/C18H16ClN3O3/c19-14-7-3-1-5-12(14)11-20-16(23)9-10-22-15-8-4-2-6-13(15)17(24)21-18(22)25/h1-8H,9-11H2,(H,20,23)(H,21,24,25). The first-order valence-corrected chi connectivity index (χ1v) is 8.16. The van der Waals surface area contributed by atoms with Crippen LogP contribution in [0, 0.1) is 0 Å². The van der Waals surface area contributed by atoms with Crippen molar-refractivity contribution in [2.24, 2.45) is 0 Å². The molecular formula is C18H16ClN3O3. The minimum Gasteiger partial charge on any atom is -0.352 e. The van der Waals surface area contributed by atoms with Gasteiger partial charge in [-0.05, 0) is 23.8 Å². The van der Waals surface area contributed by atoms with Crippen molar-refractivity contribution < 1.29 is 4.79 Å². The molecule has 6 nitrogen and oxygen atoms in total. The van der Waals surface area contributed by atoms with Gasteiger partial charge < -0.3 is 5.32 Å². The number of benzene rings is 2. The van der Waals surface area contributed by atoms with E-state index in [-0.39, 0.29) is 18.9 Å². The maximum absolute atomic E-state index is 12.1. The molecule has 0 spiro atoms. The lowest BCUT2D eigenvalue weighted by Crippen LogP contribution is -2.32. The third-order valence-electron chi connectivity index (χ3n) is 3.90. The Morgan fingerprint density at radius 2 is 1.80 bits per heavy atom. The van der Waals surface area contributed by atoms with E-state index in [4.69, 9.17) is 11.6 Å². The van der Waals surface area contributed by atoms with E-state index in [0.29, 0.717) is 22.5 Å². The van der Waals surface area contributed by atoms with Gasteiger partial charge in [0.25, 0.3) is 5.56 Å². The molecule has 128 valence electrons. The lowest BCUT2D eigenvalue weighted by atomic mass is 10.2. The zero-order valence-corrected chi connectivity index (χ0v) is 14.0. The average molecular weight is 358 g/mol. The van der Waals surface area contributed by atoms with Crippen molar-refractivity contribution in [2.75, 3.05) is 0 Å². The zero-order chi connectivity index (χ0) is 17.8. The predicted octanol–water partition coefficient (Wildman–Crippen LogP) is 2.05. The molecule has 0 fully saturated rings. The van der Waals surface area contributed by atoms with Crippen LogP contribution in [-0.4, -0.2) is 15.5 Å². The molecule has 0 aliphatic rings. The highest BCUT2D eigenvalue weighted by atomic mass is 35.5. The van der Waals surface area contributed by atoms with Gasteiger partial charge in [-0.3, -0.25) is 19.1 Å². The number of aryl methyl sites for hydroxylation is 1. The van der Waals surface area contributed by atoms with Crippen LogP contribution in [0.2, 0.25) is 5.02 Å². The van der Waals surface area contributed by atoms with Crippen molar-refractivity contribution in [3.05, 3.63) is 80.0 Å². The Morgan fingerprint density at radius 1 is 1.08 bits per heavy atom. The van der Waals surface area contributed by atoms with Gasteiger partial charge in [-0.2, -0.15) is 0 Å². The quantitative estimate of drug-likeness (QED) is 0.733. The molecule has 7 heteroatoms. The van der Waals surface area contributed by atoms with E-state index < -0.39 is 11.2 Å². The number of H-pyrrole nitrogens is 1. The Hall–Kier alpha value is -2.86. The van der Waals surface area contributed by atoms with E-state index >= 15 is 0 Å². The molecule has 1 aromatic heterocycles. The second kappa shape index (κ2) is 7.36. The summed E-state index contributed by atoms with van der Waals surface area (Å²) in [5.41, 5.74) is 0.377. The summed E-state index contributed by atoms with van der Waals surface area (Å²) in [5, 5.41) is 3.78. The maximum atomic E-state index is 12.1. The lowest BCUT2D eigenvalue weighted by Gasteiger charge is -2.10. The molecule has 0 unspecified atom stereocenters. The highest BCUT2D eigenvalue weighted by molar-refractivity contribution is 6.31. The Labute approximate surface area is 148 Å². The first-order valence-electron chi connectivity index (χ1n) is 7.78. The van der Waals surface area contributed by atoms with Gasteiger partial charge >= 0.3 is 5.69 Å². The number of hydrogen-bond acceptors (Lipinski definition) is 3.